The lowest BCUT2D eigenvalue weighted by molar-refractivity contribution is 0.0695. The van der Waals surface area contributed by atoms with Gasteiger partial charge < -0.3 is 10.4 Å². The lowest BCUT2D eigenvalue weighted by Gasteiger charge is -2.08. The molecule has 2 aromatic rings. The number of hydrogen-bond donors (Lipinski definition) is 2. The van der Waals surface area contributed by atoms with Crippen molar-refractivity contribution in [1.29, 1.82) is 0 Å². The molecule has 0 saturated heterocycles. The summed E-state index contributed by atoms with van der Waals surface area (Å²) in [6.07, 6.45) is 0. The Balaban J connectivity index is 2.29. The largest absolute Gasteiger partial charge is 0.478 e. The summed E-state index contributed by atoms with van der Waals surface area (Å²) < 4.78 is 14.0. The molecule has 0 saturated carbocycles. The fourth-order valence-electron chi connectivity index (χ4n) is 1.64. The fourth-order valence-corrected chi connectivity index (χ4v) is 2.23. The van der Waals surface area contributed by atoms with Gasteiger partial charge in [0.1, 0.15) is 5.82 Å². The highest BCUT2D eigenvalue weighted by Crippen LogP contribution is 2.22. The van der Waals surface area contributed by atoms with Crippen LogP contribution in [0, 0.1) is 5.82 Å². The van der Waals surface area contributed by atoms with E-state index in [4.69, 9.17) is 16.7 Å². The van der Waals surface area contributed by atoms with Crippen molar-refractivity contribution < 1.29 is 19.1 Å². The molecular formula is C14H8BrClFNO3. The van der Waals surface area contributed by atoms with Gasteiger partial charge in [-0.25, -0.2) is 9.18 Å². The molecule has 108 valence electrons. The van der Waals surface area contributed by atoms with Crippen LogP contribution in [0.1, 0.15) is 20.7 Å². The number of anilines is 1. The summed E-state index contributed by atoms with van der Waals surface area (Å²) in [5.41, 5.74) is 0.00151. The number of rotatable bonds is 3. The van der Waals surface area contributed by atoms with Gasteiger partial charge in [-0.15, -0.1) is 0 Å². The molecule has 0 spiro atoms. The first-order chi connectivity index (χ1) is 9.88. The molecule has 0 atom stereocenters. The van der Waals surface area contributed by atoms with E-state index >= 15 is 0 Å². The van der Waals surface area contributed by atoms with Crippen LogP contribution in [0.2, 0.25) is 5.02 Å². The zero-order chi connectivity index (χ0) is 15.6. The highest BCUT2D eigenvalue weighted by molar-refractivity contribution is 9.10. The third kappa shape index (κ3) is 3.59. The lowest BCUT2D eigenvalue weighted by Crippen LogP contribution is -2.14. The van der Waals surface area contributed by atoms with Gasteiger partial charge in [0.25, 0.3) is 5.91 Å². The van der Waals surface area contributed by atoms with Gasteiger partial charge in [-0.05, 0) is 52.3 Å². The summed E-state index contributed by atoms with van der Waals surface area (Å²) in [6, 6.07) is 7.86. The number of benzene rings is 2. The van der Waals surface area contributed by atoms with Crippen LogP contribution in [-0.2, 0) is 0 Å². The summed E-state index contributed by atoms with van der Waals surface area (Å²) in [4.78, 5) is 23.0. The minimum Gasteiger partial charge on any atom is -0.478 e. The van der Waals surface area contributed by atoms with Crippen molar-refractivity contribution >= 4 is 45.1 Å². The minimum atomic E-state index is -1.15. The molecule has 7 heteroatoms. The number of halogens is 3. The zero-order valence-corrected chi connectivity index (χ0v) is 12.7. The van der Waals surface area contributed by atoms with Crippen LogP contribution >= 0.6 is 27.5 Å². The molecule has 0 unspecified atom stereocenters. The van der Waals surface area contributed by atoms with Crippen LogP contribution in [-0.4, -0.2) is 17.0 Å². The number of carbonyl (C=O) groups is 2. The molecule has 0 bridgehead atoms. The number of amides is 1. The van der Waals surface area contributed by atoms with Gasteiger partial charge in [0, 0.05) is 15.2 Å². The molecule has 1 amide bonds. The van der Waals surface area contributed by atoms with Gasteiger partial charge in [-0.1, -0.05) is 11.6 Å². The molecule has 0 radical (unpaired) electrons. The Kier molecular flexibility index (Phi) is 4.59. The van der Waals surface area contributed by atoms with E-state index in [1.807, 2.05) is 0 Å². The molecule has 4 nitrogen and oxygen atoms in total. The van der Waals surface area contributed by atoms with Gasteiger partial charge in [0.15, 0.2) is 0 Å². The SMILES string of the molecule is O=C(Nc1ccc(Br)c(C(=O)O)c1)c1cc(Cl)ccc1F. The number of carboxylic acids is 1. The molecule has 0 aliphatic heterocycles. The maximum Gasteiger partial charge on any atom is 0.336 e. The quantitative estimate of drug-likeness (QED) is 0.849. The summed E-state index contributed by atoms with van der Waals surface area (Å²) in [6.45, 7) is 0. The third-order valence-corrected chi connectivity index (χ3v) is 3.55. The van der Waals surface area contributed by atoms with Gasteiger partial charge in [-0.2, -0.15) is 0 Å². The first-order valence-corrected chi connectivity index (χ1v) is 6.85. The second-order valence-electron chi connectivity index (χ2n) is 4.08. The first kappa shape index (κ1) is 15.5. The Bertz CT molecular complexity index is 736. The van der Waals surface area contributed by atoms with Gasteiger partial charge in [0.05, 0.1) is 11.1 Å². The van der Waals surface area contributed by atoms with Crippen molar-refractivity contribution in [1.82, 2.24) is 0 Å². The van der Waals surface area contributed by atoms with E-state index < -0.39 is 17.7 Å². The molecule has 0 aliphatic rings. The predicted molar refractivity (Wildman–Crippen MR) is 80.5 cm³/mol. The van der Waals surface area contributed by atoms with Crippen LogP contribution in [0.5, 0.6) is 0 Å². The standard InChI is InChI=1S/C14H8BrClFNO3/c15-11-3-2-8(6-9(11)14(20)21)18-13(19)10-5-7(16)1-4-12(10)17/h1-6H,(H,18,19)(H,20,21). The Labute approximate surface area is 132 Å². The van der Waals surface area contributed by atoms with E-state index in [0.717, 1.165) is 6.07 Å². The average Bonchev–Trinajstić information content (AvgIpc) is 2.43. The van der Waals surface area contributed by atoms with Crippen molar-refractivity contribution in [2.75, 3.05) is 5.32 Å². The molecule has 2 aromatic carbocycles. The number of carboxylic acid groups (broad SMARTS) is 1. The van der Waals surface area contributed by atoms with Gasteiger partial charge in [-0.3, -0.25) is 4.79 Å². The summed E-state index contributed by atoms with van der Waals surface area (Å²) in [5, 5.41) is 11.7. The third-order valence-electron chi connectivity index (χ3n) is 2.63. The van der Waals surface area contributed by atoms with Crippen LogP contribution in [0.3, 0.4) is 0 Å². The summed E-state index contributed by atoms with van der Waals surface area (Å²) >= 11 is 8.81. The normalized spacial score (nSPS) is 10.2. The topological polar surface area (TPSA) is 66.4 Å². The Morgan fingerprint density at radius 3 is 2.52 bits per heavy atom. The number of nitrogens with one attached hydrogen (secondary N) is 1. The summed E-state index contributed by atoms with van der Waals surface area (Å²) in [5.74, 6) is -2.58. The van der Waals surface area contributed by atoms with Crippen molar-refractivity contribution in [3.8, 4) is 0 Å². The molecule has 2 rings (SSSR count). The van der Waals surface area contributed by atoms with Gasteiger partial charge >= 0.3 is 5.97 Å². The minimum absolute atomic E-state index is 0.0145. The van der Waals surface area contributed by atoms with Crippen LogP contribution in [0.15, 0.2) is 40.9 Å². The number of hydrogen-bond acceptors (Lipinski definition) is 2. The van der Waals surface area contributed by atoms with E-state index in [9.17, 15) is 14.0 Å². The molecule has 0 fully saturated rings. The maximum atomic E-state index is 13.6. The molecule has 21 heavy (non-hydrogen) atoms. The monoisotopic (exact) mass is 371 g/mol. The van der Waals surface area contributed by atoms with E-state index in [1.165, 1.54) is 30.3 Å². The summed E-state index contributed by atoms with van der Waals surface area (Å²) in [7, 11) is 0. The highest BCUT2D eigenvalue weighted by Gasteiger charge is 2.14. The number of carbonyl (C=O) groups excluding carboxylic acids is 1. The average molecular weight is 373 g/mol. The second-order valence-corrected chi connectivity index (χ2v) is 5.37. The fraction of sp³-hybridized carbons (Fsp3) is 0. The molecule has 0 aliphatic carbocycles. The van der Waals surface area contributed by atoms with Crippen LogP contribution < -0.4 is 5.32 Å². The lowest BCUT2D eigenvalue weighted by atomic mass is 10.1. The molecule has 0 aromatic heterocycles. The number of aromatic carboxylic acids is 1. The van der Waals surface area contributed by atoms with Crippen molar-refractivity contribution in [2.45, 2.75) is 0 Å². The smallest absolute Gasteiger partial charge is 0.336 e. The van der Waals surface area contributed by atoms with E-state index in [1.54, 1.807) is 0 Å². The van der Waals surface area contributed by atoms with Gasteiger partial charge in [0.2, 0.25) is 0 Å². The zero-order valence-electron chi connectivity index (χ0n) is 10.4. The second kappa shape index (κ2) is 6.24. The first-order valence-electron chi connectivity index (χ1n) is 5.67. The Hall–Kier alpha value is -1.92. The Morgan fingerprint density at radius 1 is 1.14 bits per heavy atom. The van der Waals surface area contributed by atoms with Crippen molar-refractivity contribution in [2.24, 2.45) is 0 Å². The van der Waals surface area contributed by atoms with Crippen molar-refractivity contribution in [3.63, 3.8) is 0 Å². The highest BCUT2D eigenvalue weighted by atomic mass is 79.9. The predicted octanol–water partition coefficient (Wildman–Crippen LogP) is 4.19. The Morgan fingerprint density at radius 2 is 1.86 bits per heavy atom. The molecular weight excluding hydrogens is 365 g/mol. The van der Waals surface area contributed by atoms with E-state index in [-0.39, 0.29) is 21.8 Å². The maximum absolute atomic E-state index is 13.6. The van der Waals surface area contributed by atoms with Crippen LogP contribution in [0.25, 0.3) is 0 Å². The van der Waals surface area contributed by atoms with E-state index in [2.05, 4.69) is 21.2 Å². The van der Waals surface area contributed by atoms with E-state index in [0.29, 0.717) is 4.47 Å². The van der Waals surface area contributed by atoms with Crippen LogP contribution in [0.4, 0.5) is 10.1 Å². The molecule has 2 N–H and O–H groups in total. The van der Waals surface area contributed by atoms with Crippen molar-refractivity contribution in [3.05, 3.63) is 62.8 Å². The molecule has 0 heterocycles.